The van der Waals surface area contributed by atoms with Gasteiger partial charge in [0.15, 0.2) is 0 Å². The molecule has 1 aliphatic rings. The SMILES string of the molecule is CCCCCCCC/C=C\CCCCCCCCCCCC(=O)OC(COCCCCCCCCCCCCCCCCC)COP(=O)(O)OC1C(O)C(O)C(O)C(O)C1O. The summed E-state index contributed by atoms with van der Waals surface area (Å²) in [6.07, 6.45) is 31.3. The summed E-state index contributed by atoms with van der Waals surface area (Å²) < 4.78 is 34.3. The van der Waals surface area contributed by atoms with Gasteiger partial charge in [0.2, 0.25) is 0 Å². The zero-order valence-electron chi connectivity index (χ0n) is 38.7. The highest BCUT2D eigenvalue weighted by atomic mass is 31.2. The molecule has 1 saturated carbocycles. The van der Waals surface area contributed by atoms with Crippen molar-refractivity contribution < 1.29 is 58.3 Å². The lowest BCUT2D eigenvalue weighted by atomic mass is 9.85. The first-order valence-corrected chi connectivity index (χ1v) is 26.5. The maximum absolute atomic E-state index is 12.8. The smallest absolute Gasteiger partial charge is 0.457 e. The van der Waals surface area contributed by atoms with Gasteiger partial charge in [-0.05, 0) is 38.5 Å². The molecule has 0 heterocycles. The van der Waals surface area contributed by atoms with Gasteiger partial charge in [-0.2, -0.15) is 0 Å². The van der Waals surface area contributed by atoms with Gasteiger partial charge in [-0.1, -0.05) is 193 Å². The highest BCUT2D eigenvalue weighted by molar-refractivity contribution is 7.47. The number of hydrogen-bond acceptors (Lipinski definition) is 11. The van der Waals surface area contributed by atoms with Crippen LogP contribution in [0.5, 0.6) is 0 Å². The van der Waals surface area contributed by atoms with Gasteiger partial charge in [0.05, 0.1) is 13.2 Å². The maximum atomic E-state index is 12.8. The molecule has 0 aliphatic heterocycles. The van der Waals surface area contributed by atoms with Crippen molar-refractivity contribution in [2.24, 2.45) is 0 Å². The van der Waals surface area contributed by atoms with Crippen LogP contribution in [-0.4, -0.2) is 98.9 Å². The van der Waals surface area contributed by atoms with Crippen LogP contribution < -0.4 is 0 Å². The predicted molar refractivity (Wildman–Crippen MR) is 244 cm³/mol. The van der Waals surface area contributed by atoms with Gasteiger partial charge in [0, 0.05) is 13.0 Å². The van der Waals surface area contributed by atoms with Crippen LogP contribution in [0.1, 0.15) is 226 Å². The van der Waals surface area contributed by atoms with Crippen molar-refractivity contribution >= 4 is 13.8 Å². The van der Waals surface area contributed by atoms with E-state index >= 15 is 0 Å². The lowest BCUT2D eigenvalue weighted by Gasteiger charge is -2.41. The Hall–Kier alpha value is -0.920. The molecule has 6 atom stereocenters. The molecule has 0 amide bonds. The molecular weight excluding hydrogens is 799 g/mol. The summed E-state index contributed by atoms with van der Waals surface area (Å²) >= 11 is 0. The maximum Gasteiger partial charge on any atom is 0.472 e. The van der Waals surface area contributed by atoms with Crippen LogP contribution in [0.2, 0.25) is 0 Å². The molecule has 1 rings (SSSR count). The molecule has 362 valence electrons. The number of carbonyl (C=O) groups is 1. The molecule has 12 nitrogen and oxygen atoms in total. The quantitative estimate of drug-likeness (QED) is 0.0147. The first kappa shape index (κ1) is 58.1. The lowest BCUT2D eigenvalue weighted by molar-refractivity contribution is -0.220. The first-order chi connectivity index (χ1) is 29.5. The number of rotatable bonds is 43. The summed E-state index contributed by atoms with van der Waals surface area (Å²) in [5.41, 5.74) is 0. The molecule has 1 fully saturated rings. The summed E-state index contributed by atoms with van der Waals surface area (Å²) in [6, 6.07) is 0. The van der Waals surface area contributed by atoms with Crippen molar-refractivity contribution in [1.82, 2.24) is 0 Å². The zero-order chi connectivity index (χ0) is 44.8. The minimum atomic E-state index is -5.01. The first-order valence-electron chi connectivity index (χ1n) is 25.0. The fraction of sp³-hybridized carbons (Fsp3) is 0.938. The Labute approximate surface area is 371 Å². The predicted octanol–water partition coefficient (Wildman–Crippen LogP) is 10.7. The summed E-state index contributed by atoms with van der Waals surface area (Å²) in [6.45, 7) is 4.29. The molecule has 0 radical (unpaired) electrons. The van der Waals surface area contributed by atoms with E-state index in [1.165, 1.54) is 161 Å². The normalized spacial score (nSPS) is 22.2. The summed E-state index contributed by atoms with van der Waals surface area (Å²) in [5, 5.41) is 50.2. The Kier molecular flexibility index (Phi) is 37.6. The van der Waals surface area contributed by atoms with Gasteiger partial charge in [0.25, 0.3) is 0 Å². The van der Waals surface area contributed by atoms with E-state index in [9.17, 15) is 39.8 Å². The molecule has 0 aromatic heterocycles. The number of ether oxygens (including phenoxy) is 2. The van der Waals surface area contributed by atoms with Crippen molar-refractivity contribution in [3.05, 3.63) is 12.2 Å². The van der Waals surface area contributed by atoms with Gasteiger partial charge in [-0.15, -0.1) is 0 Å². The molecule has 0 bridgehead atoms. The van der Waals surface area contributed by atoms with E-state index in [-0.39, 0.29) is 13.0 Å². The van der Waals surface area contributed by atoms with Gasteiger partial charge in [-0.3, -0.25) is 13.8 Å². The van der Waals surface area contributed by atoms with Crippen LogP contribution in [0.25, 0.3) is 0 Å². The Balaban J connectivity index is 2.34. The number of phosphoric ester groups is 1. The summed E-state index contributed by atoms with van der Waals surface area (Å²) in [5.74, 6) is -0.475. The third-order valence-corrected chi connectivity index (χ3v) is 12.9. The van der Waals surface area contributed by atoms with Crippen LogP contribution in [0.4, 0.5) is 0 Å². The molecule has 1 aliphatic carbocycles. The summed E-state index contributed by atoms with van der Waals surface area (Å²) in [4.78, 5) is 23.2. The van der Waals surface area contributed by atoms with E-state index in [0.717, 1.165) is 38.5 Å². The Morgan fingerprint density at radius 1 is 0.508 bits per heavy atom. The number of esters is 1. The average Bonchev–Trinajstić information content (AvgIpc) is 3.24. The van der Waals surface area contributed by atoms with Crippen molar-refractivity contribution in [2.45, 2.75) is 268 Å². The topological polar surface area (TPSA) is 192 Å². The van der Waals surface area contributed by atoms with E-state index in [1.54, 1.807) is 0 Å². The van der Waals surface area contributed by atoms with Gasteiger partial charge >= 0.3 is 13.8 Å². The third-order valence-electron chi connectivity index (χ3n) is 11.9. The van der Waals surface area contributed by atoms with E-state index in [1.807, 2.05) is 0 Å². The molecule has 61 heavy (non-hydrogen) atoms. The van der Waals surface area contributed by atoms with Crippen LogP contribution in [-0.2, 0) is 27.9 Å². The Morgan fingerprint density at radius 3 is 1.30 bits per heavy atom. The van der Waals surface area contributed by atoms with Crippen LogP contribution in [0.3, 0.4) is 0 Å². The highest BCUT2D eigenvalue weighted by Gasteiger charge is 2.51. The molecule has 6 N–H and O–H groups in total. The number of unbranched alkanes of at least 4 members (excludes halogenated alkanes) is 29. The molecule has 6 unspecified atom stereocenters. The van der Waals surface area contributed by atoms with Crippen molar-refractivity contribution in [3.8, 4) is 0 Å². The number of allylic oxidation sites excluding steroid dienone is 2. The van der Waals surface area contributed by atoms with Crippen molar-refractivity contribution in [2.75, 3.05) is 19.8 Å². The number of phosphoric acid groups is 1. The third kappa shape index (κ3) is 31.6. The van der Waals surface area contributed by atoms with Crippen LogP contribution in [0, 0.1) is 0 Å². The highest BCUT2D eigenvalue weighted by Crippen LogP contribution is 2.47. The second kappa shape index (κ2) is 39.4. The Morgan fingerprint density at radius 2 is 0.869 bits per heavy atom. The van der Waals surface area contributed by atoms with Crippen LogP contribution >= 0.6 is 7.82 Å². The van der Waals surface area contributed by atoms with E-state index < -0.39 is 63.1 Å². The number of hydrogen-bond donors (Lipinski definition) is 6. The molecular formula is C48H93O12P. The zero-order valence-corrected chi connectivity index (χ0v) is 39.6. The fourth-order valence-electron chi connectivity index (χ4n) is 7.88. The van der Waals surface area contributed by atoms with E-state index in [0.29, 0.717) is 13.0 Å². The minimum Gasteiger partial charge on any atom is -0.457 e. The largest absolute Gasteiger partial charge is 0.472 e. The second-order valence-electron chi connectivity index (χ2n) is 17.7. The lowest BCUT2D eigenvalue weighted by Crippen LogP contribution is -2.64. The van der Waals surface area contributed by atoms with Gasteiger partial charge < -0.3 is 39.9 Å². The van der Waals surface area contributed by atoms with Gasteiger partial charge in [0.1, 0.15) is 42.7 Å². The van der Waals surface area contributed by atoms with Crippen molar-refractivity contribution in [3.63, 3.8) is 0 Å². The number of carbonyl (C=O) groups excluding carboxylic acids is 1. The average molecular weight is 893 g/mol. The molecule has 13 heteroatoms. The molecule has 0 spiro atoms. The van der Waals surface area contributed by atoms with Gasteiger partial charge in [-0.25, -0.2) is 4.57 Å². The molecule has 0 aromatic rings. The second-order valence-corrected chi connectivity index (χ2v) is 19.1. The standard InChI is InChI=1S/C48H93O12P/c1-3-5-7-9-11-13-15-17-19-20-21-22-23-25-27-29-31-33-35-37-42(49)59-41(40-58-61(55,56)60-48-46(53)44(51)43(50)45(52)47(48)54)39-57-38-36-34-32-30-28-26-24-18-16-14-12-10-8-6-4-2/h17,19,41,43-48,50-54H,3-16,18,20-40H2,1-2H3,(H,55,56)/b19-17-. The van der Waals surface area contributed by atoms with E-state index in [2.05, 4.69) is 26.0 Å². The van der Waals surface area contributed by atoms with Crippen molar-refractivity contribution in [1.29, 1.82) is 0 Å². The molecule has 0 saturated heterocycles. The summed E-state index contributed by atoms with van der Waals surface area (Å²) in [7, 11) is -5.01. The monoisotopic (exact) mass is 893 g/mol. The van der Waals surface area contributed by atoms with Crippen LogP contribution in [0.15, 0.2) is 12.2 Å². The van der Waals surface area contributed by atoms with E-state index in [4.69, 9.17) is 18.5 Å². The Bertz CT molecular complexity index is 1060. The molecule has 0 aromatic carbocycles. The fourth-order valence-corrected chi connectivity index (χ4v) is 8.85. The minimum absolute atomic E-state index is 0.0713. The number of aliphatic hydroxyl groups excluding tert-OH is 5. The number of aliphatic hydroxyl groups is 5.